The highest BCUT2D eigenvalue weighted by Gasteiger charge is 2.51. The lowest BCUT2D eigenvalue weighted by molar-refractivity contribution is 0.0993. The first-order chi connectivity index (χ1) is 5.66. The fourth-order valence-corrected chi connectivity index (χ4v) is 2.46. The molecule has 0 aromatic heterocycles. The molecule has 2 fully saturated rings. The smallest absolute Gasteiger partial charge is 0.115 e. The van der Waals surface area contributed by atoms with Gasteiger partial charge in [-0.15, -0.1) is 0 Å². The quantitative estimate of drug-likeness (QED) is 0.630. The first-order valence-corrected chi connectivity index (χ1v) is 4.30. The highest BCUT2D eigenvalue weighted by Crippen LogP contribution is 2.40. The van der Waals surface area contributed by atoms with E-state index in [0.717, 1.165) is 0 Å². The summed E-state index contributed by atoms with van der Waals surface area (Å²) in [5.74, 6) is 0. The van der Waals surface area contributed by atoms with E-state index < -0.39 is 17.9 Å². The highest BCUT2D eigenvalue weighted by molar-refractivity contribution is 5.06. The predicted molar refractivity (Wildman–Crippen MR) is 40.4 cm³/mol. The Morgan fingerprint density at radius 1 is 1.25 bits per heavy atom. The minimum absolute atomic E-state index is 0.117. The number of halogens is 2. The lowest BCUT2D eigenvalue weighted by Gasteiger charge is -2.28. The van der Waals surface area contributed by atoms with Crippen molar-refractivity contribution >= 4 is 0 Å². The van der Waals surface area contributed by atoms with Crippen molar-refractivity contribution in [2.45, 2.75) is 30.7 Å². The van der Waals surface area contributed by atoms with E-state index in [1.807, 2.05) is 0 Å². The van der Waals surface area contributed by atoms with Crippen LogP contribution < -0.4 is 0 Å². The van der Waals surface area contributed by atoms with E-state index in [0.29, 0.717) is 25.9 Å². The molecule has 0 aromatic carbocycles. The largest absolute Gasteiger partial charge is 0.394 e. The Morgan fingerprint density at radius 2 is 1.75 bits per heavy atom. The molecule has 0 aliphatic carbocycles. The van der Waals surface area contributed by atoms with Gasteiger partial charge in [-0.25, -0.2) is 8.78 Å². The molecule has 2 aliphatic rings. The van der Waals surface area contributed by atoms with Gasteiger partial charge in [0.2, 0.25) is 0 Å². The first-order valence-electron chi connectivity index (χ1n) is 4.30. The first kappa shape index (κ1) is 8.38. The summed E-state index contributed by atoms with van der Waals surface area (Å²) in [5, 5.41) is 9.09. The van der Waals surface area contributed by atoms with Crippen molar-refractivity contribution in [2.24, 2.45) is 0 Å². The molecule has 2 rings (SSSR count). The average molecular weight is 177 g/mol. The zero-order valence-electron chi connectivity index (χ0n) is 6.84. The Balaban J connectivity index is 2.16. The summed E-state index contributed by atoms with van der Waals surface area (Å²) in [4.78, 5) is 1.75. The molecule has 2 nitrogen and oxygen atoms in total. The summed E-state index contributed by atoms with van der Waals surface area (Å²) in [6.07, 6.45) is -1.18. The third-order valence-corrected chi connectivity index (χ3v) is 3.01. The van der Waals surface area contributed by atoms with Crippen molar-refractivity contribution < 1.29 is 13.9 Å². The second-order valence-corrected chi connectivity index (χ2v) is 3.89. The molecule has 2 unspecified atom stereocenters. The molecule has 12 heavy (non-hydrogen) atoms. The molecule has 1 N–H and O–H groups in total. The second-order valence-electron chi connectivity index (χ2n) is 3.89. The van der Waals surface area contributed by atoms with Crippen LogP contribution in [0.2, 0.25) is 0 Å². The zero-order valence-corrected chi connectivity index (χ0v) is 6.84. The monoisotopic (exact) mass is 177 g/mol. The van der Waals surface area contributed by atoms with Gasteiger partial charge in [0.05, 0.1) is 6.61 Å². The molecule has 2 saturated heterocycles. The van der Waals surface area contributed by atoms with Crippen molar-refractivity contribution in [3.63, 3.8) is 0 Å². The molecule has 3 atom stereocenters. The van der Waals surface area contributed by atoms with Gasteiger partial charge in [0.15, 0.2) is 0 Å². The Labute approximate surface area is 70.2 Å². The number of nitrogens with zero attached hydrogens (tertiary/aromatic N) is 1. The molecule has 70 valence electrons. The van der Waals surface area contributed by atoms with Crippen LogP contribution >= 0.6 is 0 Å². The number of fused-ring (bicyclic) bond motifs is 1. The van der Waals surface area contributed by atoms with Gasteiger partial charge < -0.3 is 5.11 Å². The SMILES string of the molecule is OCC12CC(F)CN1C[C@H](F)C2. The zero-order chi connectivity index (χ0) is 8.77. The third kappa shape index (κ3) is 1.05. The average Bonchev–Trinajstić information content (AvgIpc) is 2.40. The van der Waals surface area contributed by atoms with Crippen LogP contribution in [0, 0.1) is 0 Å². The van der Waals surface area contributed by atoms with Crippen LogP contribution in [0.1, 0.15) is 12.8 Å². The molecule has 0 aromatic rings. The van der Waals surface area contributed by atoms with E-state index in [4.69, 9.17) is 5.11 Å². The van der Waals surface area contributed by atoms with Crippen LogP contribution in [0.3, 0.4) is 0 Å². The van der Waals surface area contributed by atoms with Crippen LogP contribution in [0.4, 0.5) is 8.78 Å². The van der Waals surface area contributed by atoms with Gasteiger partial charge in [-0.2, -0.15) is 0 Å². The standard InChI is InChI=1S/C8H13F2NO/c9-6-1-8(5-12)2-7(10)4-11(8)3-6/h6-7,12H,1-5H2/t6-,7?,8?/m1/s1. The van der Waals surface area contributed by atoms with Gasteiger partial charge >= 0.3 is 0 Å². The number of rotatable bonds is 1. The molecule has 0 saturated carbocycles. The second kappa shape index (κ2) is 2.64. The molecule has 0 bridgehead atoms. The number of hydrogen-bond donors (Lipinski definition) is 1. The van der Waals surface area contributed by atoms with Gasteiger partial charge in [0.1, 0.15) is 12.3 Å². The Bertz CT molecular complexity index is 174. The Morgan fingerprint density at radius 3 is 2.08 bits per heavy atom. The molecule has 0 spiro atoms. The number of hydrogen-bond acceptors (Lipinski definition) is 2. The molecule has 2 heterocycles. The van der Waals surface area contributed by atoms with E-state index in [9.17, 15) is 8.78 Å². The van der Waals surface area contributed by atoms with Crippen molar-refractivity contribution in [1.82, 2.24) is 4.90 Å². The summed E-state index contributed by atoms with van der Waals surface area (Å²) in [7, 11) is 0. The maximum atomic E-state index is 12.9. The summed E-state index contributed by atoms with van der Waals surface area (Å²) >= 11 is 0. The maximum absolute atomic E-state index is 12.9. The van der Waals surface area contributed by atoms with E-state index in [2.05, 4.69) is 0 Å². The Hall–Kier alpha value is -0.220. The van der Waals surface area contributed by atoms with E-state index in [1.165, 1.54) is 0 Å². The minimum Gasteiger partial charge on any atom is -0.394 e. The molecule has 0 amide bonds. The lowest BCUT2D eigenvalue weighted by Crippen LogP contribution is -2.41. The van der Waals surface area contributed by atoms with Gasteiger partial charge in [-0.1, -0.05) is 0 Å². The van der Waals surface area contributed by atoms with Crippen LogP contribution in [-0.4, -0.2) is 47.6 Å². The van der Waals surface area contributed by atoms with Crippen molar-refractivity contribution in [3.05, 3.63) is 0 Å². The predicted octanol–water partition coefficient (Wildman–Crippen LogP) is 0.503. The number of alkyl halides is 2. The lowest BCUT2D eigenvalue weighted by atomic mass is 9.94. The number of aliphatic hydroxyl groups excluding tert-OH is 1. The molecular weight excluding hydrogens is 164 g/mol. The van der Waals surface area contributed by atoms with Crippen LogP contribution in [0.25, 0.3) is 0 Å². The summed E-state index contributed by atoms with van der Waals surface area (Å²) in [6, 6.07) is 0. The molecule has 4 heteroatoms. The van der Waals surface area contributed by atoms with Crippen LogP contribution in [0.15, 0.2) is 0 Å². The third-order valence-electron chi connectivity index (χ3n) is 3.01. The van der Waals surface area contributed by atoms with Crippen molar-refractivity contribution in [3.8, 4) is 0 Å². The van der Waals surface area contributed by atoms with Crippen LogP contribution in [0.5, 0.6) is 0 Å². The normalized spacial score (nSPS) is 48.2. The van der Waals surface area contributed by atoms with Gasteiger partial charge in [0, 0.05) is 31.5 Å². The van der Waals surface area contributed by atoms with Crippen LogP contribution in [-0.2, 0) is 0 Å². The highest BCUT2D eigenvalue weighted by atomic mass is 19.1. The molecular formula is C8H13F2NO. The Kier molecular flexibility index (Phi) is 1.84. The maximum Gasteiger partial charge on any atom is 0.115 e. The fourth-order valence-electron chi connectivity index (χ4n) is 2.46. The minimum atomic E-state index is -0.885. The van der Waals surface area contributed by atoms with Crippen molar-refractivity contribution in [2.75, 3.05) is 19.7 Å². The summed E-state index contributed by atoms with van der Waals surface area (Å²) in [6.45, 7) is 0.468. The molecule has 2 aliphatic heterocycles. The van der Waals surface area contributed by atoms with Gasteiger partial charge in [0.25, 0.3) is 0 Å². The molecule has 0 radical (unpaired) electrons. The summed E-state index contributed by atoms with van der Waals surface area (Å²) in [5.41, 5.74) is -0.571. The van der Waals surface area contributed by atoms with Gasteiger partial charge in [-0.05, 0) is 0 Å². The van der Waals surface area contributed by atoms with E-state index >= 15 is 0 Å². The van der Waals surface area contributed by atoms with E-state index in [-0.39, 0.29) is 6.61 Å². The fraction of sp³-hybridized carbons (Fsp3) is 1.00. The van der Waals surface area contributed by atoms with Crippen molar-refractivity contribution in [1.29, 1.82) is 0 Å². The topological polar surface area (TPSA) is 23.5 Å². The summed E-state index contributed by atoms with van der Waals surface area (Å²) < 4.78 is 25.9. The van der Waals surface area contributed by atoms with E-state index in [1.54, 1.807) is 4.90 Å². The van der Waals surface area contributed by atoms with Gasteiger partial charge in [-0.3, -0.25) is 4.90 Å². The number of aliphatic hydroxyl groups is 1.